The minimum atomic E-state index is -1.01. The van der Waals surface area contributed by atoms with Gasteiger partial charge in [-0.3, -0.25) is 9.59 Å². The molecule has 0 bridgehead atoms. The van der Waals surface area contributed by atoms with Crippen molar-refractivity contribution >= 4 is 23.5 Å². The number of amides is 1. The first-order valence-electron chi connectivity index (χ1n) is 8.25. The third kappa shape index (κ3) is 4.54. The largest absolute Gasteiger partial charge is 0.481 e. The second-order valence-corrected chi connectivity index (χ2v) is 6.50. The number of nitrogens with zero attached hydrogens (tertiary/aromatic N) is 1. The summed E-state index contributed by atoms with van der Waals surface area (Å²) in [6.45, 7) is 1.87. The van der Waals surface area contributed by atoms with Crippen molar-refractivity contribution in [3.05, 3.63) is 76.4 Å². The number of halogens is 1. The molecule has 1 aromatic heterocycles. The van der Waals surface area contributed by atoms with Gasteiger partial charge in [-0.2, -0.15) is 0 Å². The lowest BCUT2D eigenvalue weighted by Gasteiger charge is -2.18. The Balaban J connectivity index is 1.81. The summed E-state index contributed by atoms with van der Waals surface area (Å²) < 4.78 is 5.23. The Bertz CT molecular complexity index is 966. The number of rotatable bonds is 6. The third-order valence-corrected chi connectivity index (χ3v) is 4.37. The average Bonchev–Trinajstić information content (AvgIpc) is 3.12. The maximum Gasteiger partial charge on any atom is 0.305 e. The van der Waals surface area contributed by atoms with Crippen molar-refractivity contribution < 1.29 is 19.2 Å². The molecule has 1 atom stereocenters. The zero-order chi connectivity index (χ0) is 19.4. The summed E-state index contributed by atoms with van der Waals surface area (Å²) in [6.07, 6.45) is -0.238. The Labute approximate surface area is 160 Å². The molecule has 138 valence electrons. The van der Waals surface area contributed by atoms with E-state index < -0.39 is 17.9 Å². The molecule has 27 heavy (non-hydrogen) atoms. The van der Waals surface area contributed by atoms with E-state index in [4.69, 9.17) is 16.1 Å². The molecular formula is C20H17ClN2O4. The van der Waals surface area contributed by atoms with E-state index in [1.807, 2.05) is 19.1 Å². The Kier molecular flexibility index (Phi) is 5.57. The molecule has 0 saturated heterocycles. The molecule has 2 aromatic carbocycles. The van der Waals surface area contributed by atoms with Gasteiger partial charge >= 0.3 is 5.97 Å². The zero-order valence-corrected chi connectivity index (χ0v) is 15.2. The standard InChI is InChI=1S/C20H17ClN2O4/c1-12-4-2-3-5-15(12)16(11-19(24)25)22-20(26)17-10-18(27-23-17)13-6-8-14(21)9-7-13/h2-10,16H,11H2,1H3,(H,22,26)(H,24,25)/t16-/m0/s1. The Morgan fingerprint density at radius 3 is 2.56 bits per heavy atom. The Morgan fingerprint density at radius 1 is 1.19 bits per heavy atom. The highest BCUT2D eigenvalue weighted by atomic mass is 35.5. The number of aromatic nitrogens is 1. The first kappa shape index (κ1) is 18.7. The fourth-order valence-corrected chi connectivity index (χ4v) is 2.88. The van der Waals surface area contributed by atoms with Gasteiger partial charge in [-0.05, 0) is 42.3 Å². The normalized spacial score (nSPS) is 11.8. The smallest absolute Gasteiger partial charge is 0.305 e. The molecule has 0 aliphatic heterocycles. The Hall–Kier alpha value is -3.12. The molecule has 0 fully saturated rings. The van der Waals surface area contributed by atoms with Crippen LogP contribution in [0.4, 0.5) is 0 Å². The van der Waals surface area contributed by atoms with E-state index in [0.29, 0.717) is 10.8 Å². The number of carbonyl (C=O) groups is 2. The number of aliphatic carboxylic acids is 1. The van der Waals surface area contributed by atoms with Crippen molar-refractivity contribution in [1.82, 2.24) is 10.5 Å². The van der Waals surface area contributed by atoms with Crippen LogP contribution in [0.15, 0.2) is 59.1 Å². The number of aryl methyl sites for hydroxylation is 1. The highest BCUT2D eigenvalue weighted by molar-refractivity contribution is 6.30. The third-order valence-electron chi connectivity index (χ3n) is 4.12. The summed E-state index contributed by atoms with van der Waals surface area (Å²) in [7, 11) is 0. The number of benzene rings is 2. The number of hydrogen-bond donors (Lipinski definition) is 2. The molecule has 0 radical (unpaired) electrons. The lowest BCUT2D eigenvalue weighted by atomic mass is 9.98. The number of carbonyl (C=O) groups excluding carboxylic acids is 1. The summed E-state index contributed by atoms with van der Waals surface area (Å²) >= 11 is 5.87. The molecule has 0 unspecified atom stereocenters. The van der Waals surface area contributed by atoms with E-state index >= 15 is 0 Å². The molecule has 6 nitrogen and oxygen atoms in total. The summed E-state index contributed by atoms with van der Waals surface area (Å²) in [5, 5.41) is 16.3. The molecule has 0 spiro atoms. The minimum Gasteiger partial charge on any atom is -0.481 e. The highest BCUT2D eigenvalue weighted by Gasteiger charge is 2.22. The van der Waals surface area contributed by atoms with E-state index in [1.165, 1.54) is 6.07 Å². The first-order valence-corrected chi connectivity index (χ1v) is 8.62. The maximum atomic E-state index is 12.6. The van der Waals surface area contributed by atoms with Crippen molar-refractivity contribution in [3.8, 4) is 11.3 Å². The van der Waals surface area contributed by atoms with Crippen LogP contribution >= 0.6 is 11.6 Å². The van der Waals surface area contributed by atoms with E-state index in [9.17, 15) is 14.7 Å². The molecule has 1 amide bonds. The van der Waals surface area contributed by atoms with E-state index in [2.05, 4.69) is 10.5 Å². The molecule has 3 aromatic rings. The second-order valence-electron chi connectivity index (χ2n) is 6.06. The van der Waals surface area contributed by atoms with E-state index in [1.54, 1.807) is 36.4 Å². The van der Waals surface area contributed by atoms with Crippen LogP contribution in [0.1, 0.15) is 34.1 Å². The highest BCUT2D eigenvalue weighted by Crippen LogP contribution is 2.24. The quantitative estimate of drug-likeness (QED) is 0.662. The van der Waals surface area contributed by atoms with Gasteiger partial charge in [-0.25, -0.2) is 0 Å². The van der Waals surface area contributed by atoms with Crippen LogP contribution in [0.2, 0.25) is 5.02 Å². The maximum absolute atomic E-state index is 12.6. The van der Waals surface area contributed by atoms with Gasteiger partial charge in [0.1, 0.15) is 0 Å². The summed E-state index contributed by atoms with van der Waals surface area (Å²) in [6, 6.07) is 15.1. The fraction of sp³-hybridized carbons (Fsp3) is 0.150. The second kappa shape index (κ2) is 8.05. The number of carboxylic acid groups (broad SMARTS) is 1. The fourth-order valence-electron chi connectivity index (χ4n) is 2.76. The molecule has 1 heterocycles. The van der Waals surface area contributed by atoms with Crippen LogP contribution in [0.5, 0.6) is 0 Å². The molecule has 0 aliphatic carbocycles. The lowest BCUT2D eigenvalue weighted by molar-refractivity contribution is -0.137. The zero-order valence-electron chi connectivity index (χ0n) is 14.5. The van der Waals surface area contributed by atoms with Gasteiger partial charge < -0.3 is 14.9 Å². The molecule has 7 heteroatoms. The number of hydrogen-bond acceptors (Lipinski definition) is 4. The molecule has 3 rings (SSSR count). The summed E-state index contributed by atoms with van der Waals surface area (Å²) in [4.78, 5) is 23.8. The monoisotopic (exact) mass is 384 g/mol. The van der Waals surface area contributed by atoms with Gasteiger partial charge in [0, 0.05) is 16.7 Å². The van der Waals surface area contributed by atoms with Crippen LogP contribution in [0.3, 0.4) is 0 Å². The van der Waals surface area contributed by atoms with Crippen molar-refractivity contribution in [1.29, 1.82) is 0 Å². The van der Waals surface area contributed by atoms with Gasteiger partial charge in [-0.15, -0.1) is 0 Å². The predicted octanol–water partition coefficient (Wildman–Crippen LogP) is 4.25. The van der Waals surface area contributed by atoms with Crippen LogP contribution < -0.4 is 5.32 Å². The summed E-state index contributed by atoms with van der Waals surface area (Å²) in [5.74, 6) is -1.10. The summed E-state index contributed by atoms with van der Waals surface area (Å²) in [5.41, 5.74) is 2.44. The van der Waals surface area contributed by atoms with Crippen molar-refractivity contribution in [2.75, 3.05) is 0 Å². The SMILES string of the molecule is Cc1ccccc1[C@H](CC(=O)O)NC(=O)c1cc(-c2ccc(Cl)cc2)on1. The lowest BCUT2D eigenvalue weighted by Crippen LogP contribution is -2.30. The van der Waals surface area contributed by atoms with Gasteiger partial charge in [0.25, 0.3) is 5.91 Å². The predicted molar refractivity (Wildman–Crippen MR) is 101 cm³/mol. The average molecular weight is 385 g/mol. The van der Waals surface area contributed by atoms with Crippen LogP contribution in [-0.4, -0.2) is 22.1 Å². The molecule has 2 N–H and O–H groups in total. The first-order chi connectivity index (χ1) is 12.9. The van der Waals surface area contributed by atoms with E-state index in [0.717, 1.165) is 16.7 Å². The van der Waals surface area contributed by atoms with Gasteiger partial charge in [0.15, 0.2) is 11.5 Å². The van der Waals surface area contributed by atoms with Crippen LogP contribution in [0, 0.1) is 6.92 Å². The molecule has 0 aliphatic rings. The van der Waals surface area contributed by atoms with Crippen molar-refractivity contribution in [2.24, 2.45) is 0 Å². The van der Waals surface area contributed by atoms with Crippen LogP contribution in [0.25, 0.3) is 11.3 Å². The topological polar surface area (TPSA) is 92.4 Å². The minimum absolute atomic E-state index is 0.0731. The number of carboxylic acids is 1. The molecule has 0 saturated carbocycles. The van der Waals surface area contributed by atoms with Crippen LogP contribution in [-0.2, 0) is 4.79 Å². The van der Waals surface area contributed by atoms with Gasteiger partial charge in [-0.1, -0.05) is 41.0 Å². The van der Waals surface area contributed by atoms with E-state index in [-0.39, 0.29) is 12.1 Å². The van der Waals surface area contributed by atoms with Gasteiger partial charge in [0.2, 0.25) is 0 Å². The van der Waals surface area contributed by atoms with Crippen molar-refractivity contribution in [2.45, 2.75) is 19.4 Å². The molecular weight excluding hydrogens is 368 g/mol. The number of nitrogens with one attached hydrogen (secondary N) is 1. The Morgan fingerprint density at radius 2 is 1.89 bits per heavy atom. The van der Waals surface area contributed by atoms with Gasteiger partial charge in [0.05, 0.1) is 12.5 Å². The van der Waals surface area contributed by atoms with Crippen molar-refractivity contribution in [3.63, 3.8) is 0 Å².